The van der Waals surface area contributed by atoms with Crippen molar-refractivity contribution < 1.29 is 39.0 Å². The first kappa shape index (κ1) is 29.0. The number of aliphatic carboxylic acids is 1. The van der Waals surface area contributed by atoms with Crippen LogP contribution in [0.2, 0.25) is 0 Å². The third-order valence-electron chi connectivity index (χ3n) is 4.78. The van der Waals surface area contributed by atoms with Crippen molar-refractivity contribution >= 4 is 35.5 Å². The van der Waals surface area contributed by atoms with Crippen LogP contribution in [0.1, 0.15) is 24.8 Å². The number of carbonyl (C=O) groups is 6. The minimum absolute atomic E-state index is 0.0754. The van der Waals surface area contributed by atoms with E-state index in [1.807, 2.05) is 0 Å². The van der Waals surface area contributed by atoms with E-state index in [0.717, 1.165) is 0 Å². The van der Waals surface area contributed by atoms with E-state index >= 15 is 0 Å². The zero-order valence-electron chi connectivity index (χ0n) is 18.8. The van der Waals surface area contributed by atoms with Gasteiger partial charge in [-0.3, -0.25) is 24.0 Å². The van der Waals surface area contributed by atoms with E-state index in [0.29, 0.717) is 5.56 Å². The molecule has 4 atom stereocenters. The first-order valence-electron chi connectivity index (χ1n) is 10.6. The predicted molar refractivity (Wildman–Crippen MR) is 121 cm³/mol. The maximum atomic E-state index is 12.9. The number of nitrogens with one attached hydrogen (secondary N) is 3. The molecule has 0 aliphatic rings. The number of carbonyl (C=O) groups excluding carboxylic acids is 5. The van der Waals surface area contributed by atoms with Gasteiger partial charge in [0.15, 0.2) is 0 Å². The van der Waals surface area contributed by atoms with Gasteiger partial charge in [-0.05, 0) is 12.0 Å². The van der Waals surface area contributed by atoms with Crippen molar-refractivity contribution in [2.45, 2.75) is 49.9 Å². The highest BCUT2D eigenvalue weighted by molar-refractivity contribution is 5.96. The summed E-state index contributed by atoms with van der Waals surface area (Å²) in [6.45, 7) is -0.725. The Balaban J connectivity index is 3.12. The van der Waals surface area contributed by atoms with Gasteiger partial charge in [-0.2, -0.15) is 0 Å². The molecule has 0 radical (unpaired) electrons. The molecule has 1 rings (SSSR count). The highest BCUT2D eigenvalue weighted by Crippen LogP contribution is 2.07. The van der Waals surface area contributed by atoms with Gasteiger partial charge in [0.05, 0.1) is 13.0 Å². The summed E-state index contributed by atoms with van der Waals surface area (Å²) in [5.41, 5.74) is 16.2. The largest absolute Gasteiger partial charge is 0.480 e. The number of aliphatic hydroxyl groups is 1. The van der Waals surface area contributed by atoms with Crippen LogP contribution >= 0.6 is 0 Å². The second-order valence-corrected chi connectivity index (χ2v) is 7.68. The second kappa shape index (κ2) is 14.3. The molecule has 0 saturated carbocycles. The van der Waals surface area contributed by atoms with E-state index in [9.17, 15) is 33.9 Å². The van der Waals surface area contributed by atoms with Crippen molar-refractivity contribution in [2.75, 3.05) is 6.61 Å². The lowest BCUT2D eigenvalue weighted by molar-refractivity contribution is -0.142. The Kier molecular flexibility index (Phi) is 11.8. The average molecular weight is 495 g/mol. The topological polar surface area (TPSA) is 257 Å². The fraction of sp³-hybridized carbons (Fsp3) is 0.429. The molecule has 5 amide bonds. The summed E-state index contributed by atoms with van der Waals surface area (Å²) in [4.78, 5) is 71.8. The summed E-state index contributed by atoms with van der Waals surface area (Å²) >= 11 is 0. The van der Waals surface area contributed by atoms with Crippen molar-refractivity contribution in [2.24, 2.45) is 17.2 Å². The molecule has 0 bridgehead atoms. The number of amides is 5. The molecular formula is C21H30N6O8. The molecule has 0 heterocycles. The lowest BCUT2D eigenvalue weighted by Crippen LogP contribution is -2.58. The maximum absolute atomic E-state index is 12.9. The summed E-state index contributed by atoms with van der Waals surface area (Å²) in [7, 11) is 0. The predicted octanol–water partition coefficient (Wildman–Crippen LogP) is -3.77. The quantitative estimate of drug-likeness (QED) is 0.119. The van der Waals surface area contributed by atoms with Crippen molar-refractivity contribution in [3.05, 3.63) is 35.9 Å². The number of benzene rings is 1. The summed E-state index contributed by atoms with van der Waals surface area (Å²) in [5.74, 6) is -5.91. The standard InChI is InChI=1S/C21H30N6O8/c22-12(10-28)18(31)26-15(9-17(24)30)20(33)27-14(8-11-4-2-1-3-5-11)19(32)25-13(21(34)35)6-7-16(23)29/h1-5,12-15,28H,6-10,22H2,(H2,23,29)(H2,24,30)(H,25,32)(H,26,31)(H,27,33)(H,34,35). The number of hydrogen-bond acceptors (Lipinski definition) is 8. The van der Waals surface area contributed by atoms with Gasteiger partial charge in [-0.1, -0.05) is 30.3 Å². The van der Waals surface area contributed by atoms with E-state index in [-0.39, 0.29) is 19.3 Å². The minimum atomic E-state index is -1.52. The van der Waals surface area contributed by atoms with Gasteiger partial charge in [0.2, 0.25) is 29.5 Å². The van der Waals surface area contributed by atoms with E-state index in [2.05, 4.69) is 16.0 Å². The molecule has 0 aliphatic heterocycles. The fourth-order valence-corrected chi connectivity index (χ4v) is 2.92. The van der Waals surface area contributed by atoms with Gasteiger partial charge < -0.3 is 43.4 Å². The minimum Gasteiger partial charge on any atom is -0.480 e. The molecule has 0 aliphatic carbocycles. The van der Waals surface area contributed by atoms with Crippen LogP contribution in [-0.2, 0) is 35.2 Å². The molecule has 0 spiro atoms. The number of primary amides is 2. The van der Waals surface area contributed by atoms with Crippen LogP contribution in [0.25, 0.3) is 0 Å². The van der Waals surface area contributed by atoms with Gasteiger partial charge >= 0.3 is 5.97 Å². The molecule has 1 aromatic carbocycles. The molecule has 1 aromatic rings. The van der Waals surface area contributed by atoms with Crippen LogP contribution in [0.3, 0.4) is 0 Å². The zero-order chi connectivity index (χ0) is 26.5. The molecule has 0 fully saturated rings. The van der Waals surface area contributed by atoms with Crippen LogP contribution in [0.15, 0.2) is 30.3 Å². The van der Waals surface area contributed by atoms with Crippen LogP contribution in [0.5, 0.6) is 0 Å². The average Bonchev–Trinajstić information content (AvgIpc) is 2.79. The third-order valence-corrected chi connectivity index (χ3v) is 4.78. The van der Waals surface area contributed by atoms with Crippen molar-refractivity contribution in [1.29, 1.82) is 0 Å². The van der Waals surface area contributed by atoms with E-state index in [1.165, 1.54) is 0 Å². The first-order valence-corrected chi connectivity index (χ1v) is 10.6. The van der Waals surface area contributed by atoms with E-state index in [4.69, 9.17) is 22.3 Å². The Morgan fingerprint density at radius 2 is 1.34 bits per heavy atom. The van der Waals surface area contributed by atoms with Gasteiger partial charge in [0.25, 0.3) is 0 Å². The Morgan fingerprint density at radius 1 is 0.800 bits per heavy atom. The second-order valence-electron chi connectivity index (χ2n) is 7.68. The SMILES string of the molecule is NC(=O)CCC(NC(=O)C(Cc1ccccc1)NC(=O)C(CC(N)=O)NC(=O)C(N)CO)C(=O)O. The molecular weight excluding hydrogens is 464 g/mol. The van der Waals surface area contributed by atoms with Crippen LogP contribution in [-0.4, -0.2) is 76.5 Å². The Hall–Kier alpha value is -4.04. The zero-order valence-corrected chi connectivity index (χ0v) is 18.8. The Labute approximate surface area is 200 Å². The molecule has 4 unspecified atom stereocenters. The van der Waals surface area contributed by atoms with E-state index < -0.39 is 72.7 Å². The van der Waals surface area contributed by atoms with Crippen molar-refractivity contribution in [3.63, 3.8) is 0 Å². The lowest BCUT2D eigenvalue weighted by atomic mass is 10.0. The summed E-state index contributed by atoms with van der Waals surface area (Å²) < 4.78 is 0. The number of carboxylic acids is 1. The van der Waals surface area contributed by atoms with Gasteiger partial charge in [-0.25, -0.2) is 4.79 Å². The van der Waals surface area contributed by atoms with Crippen LogP contribution < -0.4 is 33.2 Å². The Bertz CT molecular complexity index is 926. The Morgan fingerprint density at radius 3 is 1.86 bits per heavy atom. The molecule has 0 aromatic heterocycles. The summed E-state index contributed by atoms with van der Waals surface area (Å²) in [6.07, 6.45) is -1.29. The van der Waals surface area contributed by atoms with Crippen molar-refractivity contribution in [3.8, 4) is 0 Å². The lowest BCUT2D eigenvalue weighted by Gasteiger charge is -2.24. The first-order chi connectivity index (χ1) is 16.4. The van der Waals surface area contributed by atoms with Gasteiger partial charge in [0.1, 0.15) is 24.2 Å². The van der Waals surface area contributed by atoms with Crippen LogP contribution in [0.4, 0.5) is 0 Å². The highest BCUT2D eigenvalue weighted by Gasteiger charge is 2.31. The number of aliphatic hydroxyl groups excluding tert-OH is 1. The fourth-order valence-electron chi connectivity index (χ4n) is 2.92. The molecule has 0 saturated heterocycles. The number of nitrogens with two attached hydrogens (primary N) is 3. The smallest absolute Gasteiger partial charge is 0.326 e. The number of carboxylic acid groups (broad SMARTS) is 1. The molecule has 11 N–H and O–H groups in total. The molecule has 35 heavy (non-hydrogen) atoms. The highest BCUT2D eigenvalue weighted by atomic mass is 16.4. The van der Waals surface area contributed by atoms with Crippen molar-refractivity contribution in [1.82, 2.24) is 16.0 Å². The van der Waals surface area contributed by atoms with Gasteiger partial charge in [-0.15, -0.1) is 0 Å². The summed E-state index contributed by atoms with van der Waals surface area (Å²) in [6, 6.07) is 2.74. The maximum Gasteiger partial charge on any atom is 0.326 e. The molecule has 192 valence electrons. The molecule has 14 nitrogen and oxygen atoms in total. The normalized spacial score (nSPS) is 14.0. The number of hydrogen-bond donors (Lipinski definition) is 8. The van der Waals surface area contributed by atoms with E-state index in [1.54, 1.807) is 30.3 Å². The third kappa shape index (κ3) is 10.6. The summed E-state index contributed by atoms with van der Waals surface area (Å²) in [5, 5.41) is 25.2. The number of rotatable bonds is 15. The monoisotopic (exact) mass is 494 g/mol. The molecule has 14 heteroatoms. The van der Waals surface area contributed by atoms with Gasteiger partial charge in [0, 0.05) is 12.8 Å². The van der Waals surface area contributed by atoms with Crippen LogP contribution in [0, 0.1) is 0 Å².